The van der Waals surface area contributed by atoms with Crippen LogP contribution in [-0.4, -0.2) is 24.2 Å². The molecule has 1 heterocycles. The van der Waals surface area contributed by atoms with Crippen molar-refractivity contribution in [3.8, 4) is 0 Å². The Morgan fingerprint density at radius 3 is 2.59 bits per heavy atom. The van der Waals surface area contributed by atoms with Gasteiger partial charge in [-0.05, 0) is 30.0 Å². The lowest BCUT2D eigenvalue weighted by molar-refractivity contribution is 0.0697. The molecule has 1 aliphatic heterocycles. The van der Waals surface area contributed by atoms with Crippen molar-refractivity contribution in [3.63, 3.8) is 0 Å². The predicted molar refractivity (Wildman–Crippen MR) is 69.0 cm³/mol. The SMILES string of the molecule is CC(C)C1CN(c2ccc(C(=O)O)c(Cl)c2)C1. The largest absolute Gasteiger partial charge is 0.478 e. The molecule has 17 heavy (non-hydrogen) atoms. The molecule has 1 fully saturated rings. The van der Waals surface area contributed by atoms with E-state index in [1.807, 2.05) is 6.07 Å². The van der Waals surface area contributed by atoms with Gasteiger partial charge in [0, 0.05) is 18.8 Å². The van der Waals surface area contributed by atoms with Crippen molar-refractivity contribution >= 4 is 23.3 Å². The van der Waals surface area contributed by atoms with E-state index in [0.29, 0.717) is 10.9 Å². The fourth-order valence-electron chi connectivity index (χ4n) is 2.02. The summed E-state index contributed by atoms with van der Waals surface area (Å²) in [5, 5.41) is 9.19. The van der Waals surface area contributed by atoms with E-state index in [0.717, 1.165) is 24.7 Å². The van der Waals surface area contributed by atoms with Crippen LogP contribution in [-0.2, 0) is 0 Å². The van der Waals surface area contributed by atoms with Crippen molar-refractivity contribution in [2.45, 2.75) is 13.8 Å². The average molecular weight is 254 g/mol. The van der Waals surface area contributed by atoms with Gasteiger partial charge >= 0.3 is 5.97 Å². The van der Waals surface area contributed by atoms with E-state index < -0.39 is 5.97 Å². The van der Waals surface area contributed by atoms with Gasteiger partial charge in [-0.15, -0.1) is 0 Å². The number of aromatic carboxylic acids is 1. The number of rotatable bonds is 3. The van der Waals surface area contributed by atoms with Gasteiger partial charge in [-0.2, -0.15) is 0 Å². The van der Waals surface area contributed by atoms with Gasteiger partial charge in [-0.25, -0.2) is 4.79 Å². The van der Waals surface area contributed by atoms with Crippen molar-refractivity contribution in [2.75, 3.05) is 18.0 Å². The smallest absolute Gasteiger partial charge is 0.337 e. The van der Waals surface area contributed by atoms with Gasteiger partial charge in [0.05, 0.1) is 10.6 Å². The molecule has 92 valence electrons. The zero-order valence-electron chi connectivity index (χ0n) is 9.98. The van der Waals surface area contributed by atoms with Crippen molar-refractivity contribution in [3.05, 3.63) is 28.8 Å². The molecule has 0 unspecified atom stereocenters. The molecular weight excluding hydrogens is 238 g/mol. The number of carboxylic acid groups (broad SMARTS) is 1. The standard InChI is InChI=1S/C13H16ClNO2/c1-8(2)9-6-15(7-9)10-3-4-11(13(16)17)12(14)5-10/h3-5,8-9H,6-7H2,1-2H3,(H,16,17). The number of nitrogens with zero attached hydrogens (tertiary/aromatic N) is 1. The molecule has 0 bridgehead atoms. The fraction of sp³-hybridized carbons (Fsp3) is 0.462. The number of carbonyl (C=O) groups is 1. The van der Waals surface area contributed by atoms with Crippen LogP contribution in [0, 0.1) is 11.8 Å². The highest BCUT2D eigenvalue weighted by Gasteiger charge is 2.29. The quantitative estimate of drug-likeness (QED) is 0.900. The van der Waals surface area contributed by atoms with Crippen LogP contribution in [0.5, 0.6) is 0 Å². The first kappa shape index (κ1) is 12.2. The monoisotopic (exact) mass is 253 g/mol. The van der Waals surface area contributed by atoms with Crippen molar-refractivity contribution < 1.29 is 9.90 Å². The highest BCUT2D eigenvalue weighted by atomic mass is 35.5. The second-order valence-corrected chi connectivity index (χ2v) is 5.29. The Morgan fingerprint density at radius 2 is 2.12 bits per heavy atom. The molecule has 0 aromatic heterocycles. The molecule has 0 saturated carbocycles. The Kier molecular flexibility index (Phi) is 3.29. The van der Waals surface area contributed by atoms with E-state index in [-0.39, 0.29) is 5.56 Å². The first-order valence-electron chi connectivity index (χ1n) is 5.77. The highest BCUT2D eigenvalue weighted by Crippen LogP contribution is 2.31. The van der Waals surface area contributed by atoms with Gasteiger partial charge in [0.1, 0.15) is 0 Å². The van der Waals surface area contributed by atoms with Gasteiger partial charge in [0.15, 0.2) is 0 Å². The molecule has 0 atom stereocenters. The van der Waals surface area contributed by atoms with Gasteiger partial charge in [-0.3, -0.25) is 0 Å². The summed E-state index contributed by atoms with van der Waals surface area (Å²) in [6.45, 7) is 6.51. The fourth-order valence-corrected chi connectivity index (χ4v) is 2.27. The van der Waals surface area contributed by atoms with Gasteiger partial charge in [-0.1, -0.05) is 25.4 Å². The molecule has 0 amide bonds. The van der Waals surface area contributed by atoms with E-state index in [9.17, 15) is 4.79 Å². The summed E-state index contributed by atoms with van der Waals surface area (Å²) in [6.07, 6.45) is 0. The number of anilines is 1. The third-order valence-corrected chi connectivity index (χ3v) is 3.71. The number of hydrogen-bond donors (Lipinski definition) is 1. The Bertz CT molecular complexity index is 439. The average Bonchev–Trinajstić information content (AvgIpc) is 2.13. The summed E-state index contributed by atoms with van der Waals surface area (Å²) in [4.78, 5) is 13.1. The van der Waals surface area contributed by atoms with Gasteiger partial charge < -0.3 is 10.0 Å². The second-order valence-electron chi connectivity index (χ2n) is 4.88. The van der Waals surface area contributed by atoms with Crippen LogP contribution in [0.15, 0.2) is 18.2 Å². The maximum absolute atomic E-state index is 10.8. The summed E-state index contributed by atoms with van der Waals surface area (Å²) >= 11 is 5.94. The molecule has 1 aliphatic rings. The number of carboxylic acids is 1. The first-order chi connectivity index (χ1) is 7.99. The third kappa shape index (κ3) is 2.39. The molecule has 1 N–H and O–H groups in total. The second kappa shape index (κ2) is 4.57. The van der Waals surface area contributed by atoms with E-state index in [1.54, 1.807) is 12.1 Å². The van der Waals surface area contributed by atoms with E-state index in [1.165, 1.54) is 0 Å². The normalized spacial score (nSPS) is 16.1. The molecule has 4 heteroatoms. The molecule has 2 rings (SSSR count). The third-order valence-electron chi connectivity index (χ3n) is 3.40. The van der Waals surface area contributed by atoms with Crippen LogP contribution in [0.4, 0.5) is 5.69 Å². The maximum atomic E-state index is 10.8. The minimum Gasteiger partial charge on any atom is -0.478 e. The molecule has 1 aromatic carbocycles. The van der Waals surface area contributed by atoms with Crippen LogP contribution in [0.25, 0.3) is 0 Å². The molecule has 0 spiro atoms. The lowest BCUT2D eigenvalue weighted by atomic mass is 9.88. The molecule has 0 radical (unpaired) electrons. The minimum absolute atomic E-state index is 0.163. The lowest BCUT2D eigenvalue weighted by Gasteiger charge is -2.43. The van der Waals surface area contributed by atoms with Crippen molar-refractivity contribution in [1.29, 1.82) is 0 Å². The summed E-state index contributed by atoms with van der Waals surface area (Å²) in [5.41, 5.74) is 1.17. The Balaban J connectivity index is 2.10. The first-order valence-corrected chi connectivity index (χ1v) is 6.14. The summed E-state index contributed by atoms with van der Waals surface area (Å²) < 4.78 is 0. The summed E-state index contributed by atoms with van der Waals surface area (Å²) in [7, 11) is 0. The predicted octanol–water partition coefficient (Wildman–Crippen LogP) is 3.13. The molecule has 0 aliphatic carbocycles. The maximum Gasteiger partial charge on any atom is 0.337 e. The van der Waals surface area contributed by atoms with Crippen LogP contribution in [0.2, 0.25) is 5.02 Å². The van der Waals surface area contributed by atoms with E-state index >= 15 is 0 Å². The number of halogens is 1. The van der Waals surface area contributed by atoms with Crippen LogP contribution >= 0.6 is 11.6 Å². The van der Waals surface area contributed by atoms with Crippen molar-refractivity contribution in [2.24, 2.45) is 11.8 Å². The highest BCUT2D eigenvalue weighted by molar-refractivity contribution is 6.33. The Hall–Kier alpha value is -1.22. The summed E-state index contributed by atoms with van der Waals surface area (Å²) in [5.74, 6) is 0.443. The Morgan fingerprint density at radius 1 is 1.47 bits per heavy atom. The molecule has 3 nitrogen and oxygen atoms in total. The minimum atomic E-state index is -0.981. The molecule has 1 aromatic rings. The summed E-state index contributed by atoms with van der Waals surface area (Å²) in [6, 6.07) is 5.14. The lowest BCUT2D eigenvalue weighted by Crippen LogP contribution is -2.49. The topological polar surface area (TPSA) is 40.5 Å². The number of benzene rings is 1. The van der Waals surface area contributed by atoms with Crippen LogP contribution in [0.3, 0.4) is 0 Å². The number of hydrogen-bond acceptors (Lipinski definition) is 2. The van der Waals surface area contributed by atoms with Crippen molar-refractivity contribution in [1.82, 2.24) is 0 Å². The van der Waals surface area contributed by atoms with Gasteiger partial charge in [0.25, 0.3) is 0 Å². The molecular formula is C13H16ClNO2. The van der Waals surface area contributed by atoms with Crippen LogP contribution < -0.4 is 4.90 Å². The van der Waals surface area contributed by atoms with Crippen LogP contribution in [0.1, 0.15) is 24.2 Å². The molecule has 1 saturated heterocycles. The van der Waals surface area contributed by atoms with Gasteiger partial charge in [0.2, 0.25) is 0 Å². The Labute approximate surface area is 106 Å². The van der Waals surface area contributed by atoms with E-state index in [4.69, 9.17) is 16.7 Å². The zero-order chi connectivity index (χ0) is 12.6. The zero-order valence-corrected chi connectivity index (χ0v) is 10.7. The van der Waals surface area contributed by atoms with E-state index in [2.05, 4.69) is 18.7 Å².